The van der Waals surface area contributed by atoms with E-state index < -0.39 is 17.8 Å². The van der Waals surface area contributed by atoms with E-state index in [0.717, 1.165) is 11.8 Å². The summed E-state index contributed by atoms with van der Waals surface area (Å²) in [4.78, 5) is 31.6. The topological polar surface area (TPSA) is 90.3 Å². The number of fused-ring (bicyclic) bond motifs is 1. The minimum absolute atomic E-state index is 0.109. The first-order valence-corrected chi connectivity index (χ1v) is 10.1. The summed E-state index contributed by atoms with van der Waals surface area (Å²) in [6.07, 6.45) is 4.10. The van der Waals surface area contributed by atoms with Crippen molar-refractivity contribution >= 4 is 11.7 Å². The average Bonchev–Trinajstić information content (AvgIpc) is 3.15. The summed E-state index contributed by atoms with van der Waals surface area (Å²) in [6, 6.07) is 13.7. The summed E-state index contributed by atoms with van der Waals surface area (Å²) in [7, 11) is 3.01. The lowest BCUT2D eigenvalue weighted by molar-refractivity contribution is 0.0991. The van der Waals surface area contributed by atoms with E-state index in [0.29, 0.717) is 22.6 Å². The fraction of sp³-hybridized carbons (Fsp3) is 0.125. The lowest BCUT2D eigenvalue weighted by atomic mass is 9.97. The highest BCUT2D eigenvalue weighted by Crippen LogP contribution is 2.45. The number of methoxy groups -OCH3 is 2. The molecule has 8 nitrogen and oxygen atoms in total. The molecule has 9 heteroatoms. The van der Waals surface area contributed by atoms with Gasteiger partial charge in [0.05, 0.1) is 26.5 Å². The Morgan fingerprint density at radius 1 is 0.909 bits per heavy atom. The molecule has 2 aromatic heterocycles. The summed E-state index contributed by atoms with van der Waals surface area (Å²) < 4.78 is 25.9. The molecular weight excluding hydrogens is 425 g/mol. The zero-order valence-electron chi connectivity index (χ0n) is 17.8. The lowest BCUT2D eigenvalue weighted by Gasteiger charge is -2.25. The van der Waals surface area contributed by atoms with Crippen LogP contribution in [0.1, 0.15) is 27.5 Å². The van der Waals surface area contributed by atoms with Crippen LogP contribution in [0.3, 0.4) is 0 Å². The van der Waals surface area contributed by atoms with Crippen LogP contribution >= 0.6 is 0 Å². The van der Waals surface area contributed by atoms with Gasteiger partial charge in [-0.15, -0.1) is 0 Å². The van der Waals surface area contributed by atoms with Crippen LogP contribution in [0, 0.1) is 5.82 Å². The molecule has 2 aromatic carbocycles. The van der Waals surface area contributed by atoms with Crippen molar-refractivity contribution in [2.24, 2.45) is 0 Å². The van der Waals surface area contributed by atoms with Gasteiger partial charge in [0.15, 0.2) is 34.8 Å². The molecular formula is C24H18FN5O3. The Morgan fingerprint density at radius 3 is 2.30 bits per heavy atom. The molecule has 0 radical (unpaired) electrons. The van der Waals surface area contributed by atoms with Gasteiger partial charge in [0.25, 0.3) is 5.91 Å². The van der Waals surface area contributed by atoms with E-state index in [1.807, 2.05) is 30.3 Å². The molecule has 1 atom stereocenters. The Bertz CT molecular complexity index is 1340. The van der Waals surface area contributed by atoms with Crippen molar-refractivity contribution in [3.05, 3.63) is 89.6 Å². The number of hydrogen-bond acceptors (Lipinski definition) is 7. The predicted octanol–water partition coefficient (Wildman–Crippen LogP) is 3.84. The number of nitrogens with zero attached hydrogens (tertiary/aromatic N) is 5. The summed E-state index contributed by atoms with van der Waals surface area (Å²) in [6.45, 7) is 0. The fourth-order valence-corrected chi connectivity index (χ4v) is 3.92. The smallest absolute Gasteiger partial charge is 0.260 e. The Balaban J connectivity index is 1.72. The number of aromatic nitrogens is 4. The zero-order chi connectivity index (χ0) is 22.9. The van der Waals surface area contributed by atoms with Gasteiger partial charge in [-0.25, -0.2) is 24.3 Å². The number of halogens is 1. The molecule has 0 N–H and O–H groups in total. The van der Waals surface area contributed by atoms with Crippen LogP contribution in [0.4, 0.5) is 10.2 Å². The predicted molar refractivity (Wildman–Crippen MR) is 118 cm³/mol. The first-order valence-electron chi connectivity index (χ1n) is 10.1. The van der Waals surface area contributed by atoms with Gasteiger partial charge >= 0.3 is 0 Å². The molecule has 0 fully saturated rings. The molecule has 0 saturated carbocycles. The van der Waals surface area contributed by atoms with Crippen molar-refractivity contribution in [2.45, 2.75) is 6.04 Å². The summed E-state index contributed by atoms with van der Waals surface area (Å²) in [5, 5.41) is 0. The minimum atomic E-state index is -0.740. The first kappa shape index (κ1) is 20.5. The number of anilines is 1. The Hall–Kier alpha value is -4.40. The van der Waals surface area contributed by atoms with Crippen molar-refractivity contribution in [3.8, 4) is 23.1 Å². The standard InChI is InChI=1S/C24H18FN5O3/c1-32-18-11-15-16(12-19(18)33-2)24(31)30(20(15)14-7-4-3-5-8-14)23-17(25)13-28-22(29-23)21-26-9-6-10-27-21/h3-13,20H,1-2H3/t20-/m1/s1. The molecule has 0 aliphatic carbocycles. The Labute approximate surface area is 188 Å². The third kappa shape index (κ3) is 3.43. The van der Waals surface area contributed by atoms with Crippen molar-refractivity contribution < 1.29 is 18.7 Å². The van der Waals surface area contributed by atoms with E-state index in [1.165, 1.54) is 31.5 Å². The van der Waals surface area contributed by atoms with Gasteiger partial charge in [0.1, 0.15) is 0 Å². The van der Waals surface area contributed by atoms with Gasteiger partial charge in [-0.2, -0.15) is 0 Å². The monoisotopic (exact) mass is 443 g/mol. The molecule has 164 valence electrons. The van der Waals surface area contributed by atoms with Gasteiger partial charge in [-0.3, -0.25) is 9.69 Å². The van der Waals surface area contributed by atoms with Crippen LogP contribution in [0.25, 0.3) is 11.6 Å². The Kier molecular flexibility index (Phi) is 5.14. The van der Waals surface area contributed by atoms with Gasteiger partial charge in [0.2, 0.25) is 0 Å². The molecule has 1 amide bonds. The molecule has 1 aliphatic rings. The summed E-state index contributed by atoms with van der Waals surface area (Å²) in [5.74, 6) is -0.123. The molecule has 0 bridgehead atoms. The number of amides is 1. The second-order valence-electron chi connectivity index (χ2n) is 7.22. The highest BCUT2D eigenvalue weighted by molar-refractivity contribution is 6.11. The number of rotatable bonds is 5. The van der Waals surface area contributed by atoms with E-state index in [1.54, 1.807) is 18.2 Å². The maximum Gasteiger partial charge on any atom is 0.260 e. The largest absolute Gasteiger partial charge is 0.493 e. The molecule has 33 heavy (non-hydrogen) atoms. The number of hydrogen-bond donors (Lipinski definition) is 0. The van der Waals surface area contributed by atoms with E-state index >= 15 is 4.39 Å². The molecule has 4 aromatic rings. The molecule has 1 aliphatic heterocycles. The molecule has 0 spiro atoms. The van der Waals surface area contributed by atoms with Crippen molar-refractivity contribution in [1.82, 2.24) is 19.9 Å². The molecule has 0 saturated heterocycles. The van der Waals surface area contributed by atoms with Gasteiger partial charge in [-0.1, -0.05) is 30.3 Å². The molecule has 5 rings (SSSR count). The van der Waals surface area contributed by atoms with Crippen molar-refractivity contribution in [2.75, 3.05) is 19.1 Å². The molecule has 3 heterocycles. The third-order valence-electron chi connectivity index (χ3n) is 5.39. The van der Waals surface area contributed by atoms with Crippen LogP contribution < -0.4 is 14.4 Å². The highest BCUT2D eigenvalue weighted by atomic mass is 19.1. The van der Waals surface area contributed by atoms with Crippen LogP contribution in [0.15, 0.2) is 67.1 Å². The normalized spacial score (nSPS) is 14.8. The van der Waals surface area contributed by atoms with Crippen LogP contribution in [0.2, 0.25) is 0 Å². The lowest BCUT2D eigenvalue weighted by Crippen LogP contribution is -2.30. The molecule has 0 unspecified atom stereocenters. The van der Waals surface area contributed by atoms with E-state index in [-0.39, 0.29) is 17.5 Å². The quantitative estimate of drug-likeness (QED) is 0.463. The van der Waals surface area contributed by atoms with Crippen molar-refractivity contribution in [3.63, 3.8) is 0 Å². The fourth-order valence-electron chi connectivity index (χ4n) is 3.92. The maximum absolute atomic E-state index is 15.1. The number of benzene rings is 2. The van der Waals surface area contributed by atoms with Crippen LogP contribution in [0.5, 0.6) is 11.5 Å². The first-order chi connectivity index (χ1) is 16.1. The SMILES string of the molecule is COc1cc2c(cc1OC)[C@@H](c1ccccc1)N(c1nc(-c3ncccn3)ncc1F)C2=O. The van der Waals surface area contributed by atoms with Gasteiger partial charge in [-0.05, 0) is 29.3 Å². The van der Waals surface area contributed by atoms with Crippen molar-refractivity contribution in [1.29, 1.82) is 0 Å². The second kappa shape index (κ2) is 8.27. The maximum atomic E-state index is 15.1. The van der Waals surface area contributed by atoms with Gasteiger partial charge in [0, 0.05) is 18.0 Å². The average molecular weight is 443 g/mol. The second-order valence-corrected chi connectivity index (χ2v) is 7.22. The number of ether oxygens (including phenoxy) is 2. The highest BCUT2D eigenvalue weighted by Gasteiger charge is 2.42. The Morgan fingerprint density at radius 2 is 1.61 bits per heavy atom. The number of carbonyl (C=O) groups excluding carboxylic acids is 1. The van der Waals surface area contributed by atoms with E-state index in [2.05, 4.69) is 19.9 Å². The summed E-state index contributed by atoms with van der Waals surface area (Å²) in [5.41, 5.74) is 1.81. The van der Waals surface area contributed by atoms with E-state index in [4.69, 9.17) is 9.47 Å². The van der Waals surface area contributed by atoms with Gasteiger partial charge < -0.3 is 9.47 Å². The van der Waals surface area contributed by atoms with E-state index in [9.17, 15) is 4.79 Å². The van der Waals surface area contributed by atoms with Crippen LogP contribution in [-0.2, 0) is 0 Å². The minimum Gasteiger partial charge on any atom is -0.493 e. The third-order valence-corrected chi connectivity index (χ3v) is 5.39. The van der Waals surface area contributed by atoms with Crippen LogP contribution in [-0.4, -0.2) is 40.1 Å². The summed E-state index contributed by atoms with van der Waals surface area (Å²) >= 11 is 0. The number of carbonyl (C=O) groups is 1. The zero-order valence-corrected chi connectivity index (χ0v) is 17.8.